The molecule has 4 nitrogen and oxygen atoms in total. The Bertz CT molecular complexity index is 626. The van der Waals surface area contributed by atoms with Crippen LogP contribution >= 0.6 is 38.5 Å². The Hall–Kier alpha value is -0.890. The van der Waals surface area contributed by atoms with E-state index >= 15 is 0 Å². The summed E-state index contributed by atoms with van der Waals surface area (Å²) in [5.74, 6) is 0.783. The van der Waals surface area contributed by atoms with Crippen molar-refractivity contribution in [2.24, 2.45) is 0 Å². The summed E-state index contributed by atoms with van der Waals surface area (Å²) in [6.07, 6.45) is 1.56. The lowest BCUT2D eigenvalue weighted by atomic mass is 10.3. The summed E-state index contributed by atoms with van der Waals surface area (Å²) in [5, 5.41) is 0. The van der Waals surface area contributed by atoms with E-state index in [9.17, 15) is 4.79 Å². The third kappa shape index (κ3) is 3.79. The summed E-state index contributed by atoms with van der Waals surface area (Å²) in [5.41, 5.74) is 0.739. The minimum absolute atomic E-state index is 0.0208. The molecule has 0 aliphatic rings. The molecule has 0 fully saturated rings. The molecule has 0 N–H and O–H groups in total. The zero-order chi connectivity index (χ0) is 13.8. The van der Waals surface area contributed by atoms with Gasteiger partial charge in [-0.2, -0.15) is 0 Å². The number of benzene rings is 1. The first kappa shape index (κ1) is 14.5. The summed E-state index contributed by atoms with van der Waals surface area (Å²) in [4.78, 5) is 16.1. The molecule has 0 saturated heterocycles. The molecule has 1 aromatic heterocycles. The van der Waals surface area contributed by atoms with Crippen molar-refractivity contribution in [3.8, 4) is 5.75 Å². The molecular weight excluding hydrogens is 423 g/mol. The third-order valence-electron chi connectivity index (χ3n) is 2.57. The number of ether oxygens (including phenoxy) is 1. The number of rotatable bonds is 4. The second-order valence-corrected chi connectivity index (χ2v) is 5.94. The molecule has 2 aromatic rings. The average Bonchev–Trinajstić information content (AvgIpc) is 2.41. The van der Waals surface area contributed by atoms with Crippen LogP contribution < -0.4 is 10.3 Å². The first-order valence-electron chi connectivity index (χ1n) is 5.68. The molecule has 0 unspecified atom stereocenters. The summed E-state index contributed by atoms with van der Waals surface area (Å²) in [6.45, 7) is 2.74. The Labute approximate surface area is 133 Å². The van der Waals surface area contributed by atoms with Gasteiger partial charge in [0.1, 0.15) is 12.4 Å². The number of nitrogens with zero attached hydrogens (tertiary/aromatic N) is 2. The van der Waals surface area contributed by atoms with Crippen LogP contribution in [-0.4, -0.2) is 16.2 Å². The fourth-order valence-corrected chi connectivity index (χ4v) is 2.21. The van der Waals surface area contributed by atoms with Gasteiger partial charge in [0.2, 0.25) is 0 Å². The van der Waals surface area contributed by atoms with Gasteiger partial charge in [0.15, 0.2) is 0 Å². The summed E-state index contributed by atoms with van der Waals surface area (Å²) >= 11 is 5.38. The maximum Gasteiger partial charge on any atom is 0.267 e. The number of halogens is 2. The van der Waals surface area contributed by atoms with Gasteiger partial charge in [-0.15, -0.1) is 0 Å². The van der Waals surface area contributed by atoms with Crippen LogP contribution in [-0.2, 0) is 6.54 Å². The number of hydrogen-bond acceptors (Lipinski definition) is 3. The topological polar surface area (TPSA) is 44.1 Å². The minimum atomic E-state index is -0.0208. The lowest BCUT2D eigenvalue weighted by molar-refractivity contribution is 0.295. The first-order valence-corrected chi connectivity index (χ1v) is 7.55. The van der Waals surface area contributed by atoms with Gasteiger partial charge in [-0.1, -0.05) is 15.9 Å². The Morgan fingerprint density at radius 2 is 2.05 bits per heavy atom. The quantitative estimate of drug-likeness (QED) is 0.695. The molecule has 0 atom stereocenters. The van der Waals surface area contributed by atoms with E-state index in [0.29, 0.717) is 16.7 Å². The fourth-order valence-electron chi connectivity index (χ4n) is 1.50. The van der Waals surface area contributed by atoms with E-state index in [1.807, 2.05) is 53.8 Å². The fraction of sp³-hybridized carbons (Fsp3) is 0.231. The van der Waals surface area contributed by atoms with Gasteiger partial charge in [-0.25, -0.2) is 4.98 Å². The van der Waals surface area contributed by atoms with E-state index in [4.69, 9.17) is 4.74 Å². The van der Waals surface area contributed by atoms with Crippen molar-refractivity contribution in [3.63, 3.8) is 0 Å². The number of aromatic nitrogens is 2. The molecule has 6 heteroatoms. The minimum Gasteiger partial charge on any atom is -0.492 e. The standard InChI is InChI=1S/C13H12BrIN2O2/c1-9-12(15)13(18)17(8-16-9)6-7-19-11-4-2-10(14)3-5-11/h2-5,8H,6-7H2,1H3. The van der Waals surface area contributed by atoms with Crippen LogP contribution in [0.1, 0.15) is 5.69 Å². The summed E-state index contributed by atoms with van der Waals surface area (Å²) in [7, 11) is 0. The molecule has 1 aromatic carbocycles. The molecule has 0 bridgehead atoms. The lowest BCUT2D eigenvalue weighted by Crippen LogP contribution is -2.26. The molecule has 1 heterocycles. The highest BCUT2D eigenvalue weighted by Crippen LogP contribution is 2.15. The van der Waals surface area contributed by atoms with E-state index in [-0.39, 0.29) is 5.56 Å². The van der Waals surface area contributed by atoms with Gasteiger partial charge in [-0.05, 0) is 53.8 Å². The zero-order valence-electron chi connectivity index (χ0n) is 10.3. The smallest absolute Gasteiger partial charge is 0.267 e. The Balaban J connectivity index is 1.98. The van der Waals surface area contributed by atoms with E-state index in [1.165, 1.54) is 0 Å². The molecule has 0 saturated carbocycles. The highest BCUT2D eigenvalue weighted by Gasteiger charge is 2.05. The van der Waals surface area contributed by atoms with Crippen molar-refractivity contribution in [3.05, 3.63) is 54.7 Å². The van der Waals surface area contributed by atoms with Crippen LogP contribution in [0.15, 0.2) is 39.9 Å². The van der Waals surface area contributed by atoms with Crippen LogP contribution in [0.5, 0.6) is 5.75 Å². The molecule has 19 heavy (non-hydrogen) atoms. The van der Waals surface area contributed by atoms with E-state index < -0.39 is 0 Å². The molecule has 100 valence electrons. The van der Waals surface area contributed by atoms with Gasteiger partial charge in [0.05, 0.1) is 22.1 Å². The largest absolute Gasteiger partial charge is 0.492 e. The van der Waals surface area contributed by atoms with E-state index in [2.05, 4.69) is 20.9 Å². The van der Waals surface area contributed by atoms with Crippen molar-refractivity contribution in [2.45, 2.75) is 13.5 Å². The molecule has 0 spiro atoms. The van der Waals surface area contributed by atoms with Crippen molar-refractivity contribution < 1.29 is 4.74 Å². The molecule has 0 radical (unpaired) electrons. The van der Waals surface area contributed by atoms with Crippen molar-refractivity contribution in [1.82, 2.24) is 9.55 Å². The van der Waals surface area contributed by atoms with E-state index in [0.717, 1.165) is 15.9 Å². The Morgan fingerprint density at radius 3 is 2.74 bits per heavy atom. The molecule has 2 rings (SSSR count). The van der Waals surface area contributed by atoms with Crippen LogP contribution in [0.3, 0.4) is 0 Å². The predicted octanol–water partition coefficient (Wildman–Crippen LogP) is 3.00. The normalized spacial score (nSPS) is 10.5. The molecular formula is C13H12BrIN2O2. The zero-order valence-corrected chi connectivity index (χ0v) is 14.0. The monoisotopic (exact) mass is 434 g/mol. The SMILES string of the molecule is Cc1ncn(CCOc2ccc(Br)cc2)c(=O)c1I. The van der Waals surface area contributed by atoms with Gasteiger partial charge in [0, 0.05) is 4.47 Å². The third-order valence-corrected chi connectivity index (χ3v) is 4.34. The summed E-state index contributed by atoms with van der Waals surface area (Å²) in [6, 6.07) is 7.59. The van der Waals surface area contributed by atoms with Crippen LogP contribution in [0.2, 0.25) is 0 Å². The van der Waals surface area contributed by atoms with Crippen LogP contribution in [0, 0.1) is 10.5 Å². The number of hydrogen-bond donors (Lipinski definition) is 0. The van der Waals surface area contributed by atoms with Crippen molar-refractivity contribution in [2.75, 3.05) is 6.61 Å². The summed E-state index contributed by atoms with van der Waals surface area (Å²) < 4.78 is 8.81. The van der Waals surface area contributed by atoms with Crippen LogP contribution in [0.25, 0.3) is 0 Å². The second-order valence-electron chi connectivity index (χ2n) is 3.94. The highest BCUT2D eigenvalue weighted by molar-refractivity contribution is 14.1. The van der Waals surface area contributed by atoms with Gasteiger partial charge >= 0.3 is 0 Å². The van der Waals surface area contributed by atoms with Crippen LogP contribution in [0.4, 0.5) is 0 Å². The second kappa shape index (κ2) is 6.51. The molecule has 0 amide bonds. The number of aryl methyl sites for hydroxylation is 1. The Kier molecular flexibility index (Phi) is 4.98. The first-order chi connectivity index (χ1) is 9.08. The van der Waals surface area contributed by atoms with E-state index in [1.54, 1.807) is 10.9 Å². The van der Waals surface area contributed by atoms with Gasteiger partial charge in [0.25, 0.3) is 5.56 Å². The van der Waals surface area contributed by atoms with Crippen molar-refractivity contribution in [1.29, 1.82) is 0 Å². The van der Waals surface area contributed by atoms with Crippen molar-refractivity contribution >= 4 is 38.5 Å². The maximum atomic E-state index is 11.9. The van der Waals surface area contributed by atoms with Gasteiger partial charge < -0.3 is 4.74 Å². The Morgan fingerprint density at radius 1 is 1.37 bits per heavy atom. The highest BCUT2D eigenvalue weighted by atomic mass is 127. The molecule has 0 aliphatic heterocycles. The maximum absolute atomic E-state index is 11.9. The predicted molar refractivity (Wildman–Crippen MR) is 85.6 cm³/mol. The lowest BCUT2D eigenvalue weighted by Gasteiger charge is -2.09. The average molecular weight is 435 g/mol. The van der Waals surface area contributed by atoms with Gasteiger partial charge in [-0.3, -0.25) is 9.36 Å². The molecule has 0 aliphatic carbocycles.